The number of fused-ring (bicyclic) bond motifs is 1. The molecule has 3 heterocycles. The third-order valence-corrected chi connectivity index (χ3v) is 6.11. The van der Waals surface area contributed by atoms with Crippen LogP contribution in [0.2, 0.25) is 0 Å². The van der Waals surface area contributed by atoms with Gasteiger partial charge >= 0.3 is 0 Å². The maximum atomic E-state index is 6.18. The Morgan fingerprint density at radius 2 is 1.87 bits per heavy atom. The van der Waals surface area contributed by atoms with Crippen molar-refractivity contribution in [2.75, 3.05) is 56.5 Å². The van der Waals surface area contributed by atoms with Gasteiger partial charge in [0.15, 0.2) is 0 Å². The first-order valence-corrected chi connectivity index (χ1v) is 11.2. The molecule has 0 spiro atoms. The highest BCUT2D eigenvalue weighted by atomic mass is 16.5. The Morgan fingerprint density at radius 3 is 2.71 bits per heavy atom. The fourth-order valence-corrected chi connectivity index (χ4v) is 4.22. The van der Waals surface area contributed by atoms with Crippen molar-refractivity contribution in [1.82, 2.24) is 20.2 Å². The molecular formula is C24H30N6O. The van der Waals surface area contributed by atoms with E-state index in [0.717, 1.165) is 74.5 Å². The van der Waals surface area contributed by atoms with E-state index in [-0.39, 0.29) is 6.10 Å². The molecule has 0 atom stereocenters. The molecule has 7 nitrogen and oxygen atoms in total. The van der Waals surface area contributed by atoms with Crippen LogP contribution in [-0.4, -0.2) is 67.3 Å². The molecule has 0 radical (unpaired) electrons. The topological polar surface area (TPSA) is 65.5 Å². The van der Waals surface area contributed by atoms with E-state index in [1.165, 1.54) is 5.69 Å². The largest absolute Gasteiger partial charge is 0.490 e. The van der Waals surface area contributed by atoms with Crippen LogP contribution in [0.15, 0.2) is 48.7 Å². The molecule has 0 saturated carbocycles. The van der Waals surface area contributed by atoms with Crippen LogP contribution in [0, 0.1) is 0 Å². The number of hydrogen-bond donors (Lipinski definition) is 2. The fraction of sp³-hybridized carbons (Fsp3) is 0.417. The lowest BCUT2D eigenvalue weighted by atomic mass is 10.1. The van der Waals surface area contributed by atoms with E-state index < -0.39 is 0 Å². The summed E-state index contributed by atoms with van der Waals surface area (Å²) in [6.07, 6.45) is 4.22. The number of benzene rings is 2. The Kier molecular flexibility index (Phi) is 5.86. The van der Waals surface area contributed by atoms with Gasteiger partial charge in [0.2, 0.25) is 5.95 Å². The maximum Gasteiger partial charge on any atom is 0.227 e. The number of ether oxygens (including phenoxy) is 1. The van der Waals surface area contributed by atoms with Gasteiger partial charge in [-0.2, -0.15) is 0 Å². The lowest BCUT2D eigenvalue weighted by Crippen LogP contribution is -2.44. The smallest absolute Gasteiger partial charge is 0.227 e. The van der Waals surface area contributed by atoms with E-state index in [1.807, 2.05) is 24.4 Å². The number of hydrogen-bond acceptors (Lipinski definition) is 7. The highest BCUT2D eigenvalue weighted by molar-refractivity contribution is 5.80. The third-order valence-electron chi connectivity index (χ3n) is 6.11. The van der Waals surface area contributed by atoms with Gasteiger partial charge in [-0.05, 0) is 63.3 Å². The number of rotatable bonds is 5. The Morgan fingerprint density at radius 1 is 1.03 bits per heavy atom. The van der Waals surface area contributed by atoms with Gasteiger partial charge in [0.25, 0.3) is 0 Å². The summed E-state index contributed by atoms with van der Waals surface area (Å²) in [5, 5.41) is 7.76. The molecule has 2 saturated heterocycles. The van der Waals surface area contributed by atoms with Gasteiger partial charge in [0.05, 0.1) is 5.52 Å². The molecule has 3 aromatic rings. The van der Waals surface area contributed by atoms with Crippen LogP contribution >= 0.6 is 0 Å². The lowest BCUT2D eigenvalue weighted by Gasteiger charge is -2.34. The van der Waals surface area contributed by atoms with Crippen LogP contribution in [0.25, 0.3) is 10.9 Å². The van der Waals surface area contributed by atoms with Crippen molar-refractivity contribution in [1.29, 1.82) is 0 Å². The number of likely N-dealkylation sites (N-methyl/N-ethyl adjacent to an activating group) is 1. The van der Waals surface area contributed by atoms with E-state index in [1.54, 1.807) is 0 Å². The molecule has 31 heavy (non-hydrogen) atoms. The minimum Gasteiger partial charge on any atom is -0.490 e. The summed E-state index contributed by atoms with van der Waals surface area (Å²) in [5.41, 5.74) is 3.12. The highest BCUT2D eigenvalue weighted by Gasteiger charge is 2.16. The van der Waals surface area contributed by atoms with E-state index in [2.05, 4.69) is 56.7 Å². The van der Waals surface area contributed by atoms with Crippen LogP contribution in [0.4, 0.5) is 17.3 Å². The minimum atomic E-state index is 0.274. The van der Waals surface area contributed by atoms with Crippen molar-refractivity contribution in [3.8, 4) is 5.75 Å². The Bertz CT molecular complexity index is 1030. The average Bonchev–Trinajstić information content (AvgIpc) is 2.80. The summed E-state index contributed by atoms with van der Waals surface area (Å²) in [7, 11) is 2.18. The first-order chi connectivity index (χ1) is 15.2. The summed E-state index contributed by atoms with van der Waals surface area (Å²) < 4.78 is 6.18. The van der Waals surface area contributed by atoms with E-state index in [9.17, 15) is 0 Å². The summed E-state index contributed by atoms with van der Waals surface area (Å²) in [6.45, 7) is 6.31. The van der Waals surface area contributed by atoms with Crippen molar-refractivity contribution in [3.05, 3.63) is 48.7 Å². The van der Waals surface area contributed by atoms with Crippen LogP contribution in [0.5, 0.6) is 5.75 Å². The average molecular weight is 419 g/mol. The molecule has 0 unspecified atom stereocenters. The Hall–Kier alpha value is -2.90. The number of piperazine rings is 1. The van der Waals surface area contributed by atoms with E-state index in [0.29, 0.717) is 5.95 Å². The van der Waals surface area contributed by atoms with Crippen molar-refractivity contribution >= 4 is 28.2 Å². The van der Waals surface area contributed by atoms with Gasteiger partial charge in [0.1, 0.15) is 11.9 Å². The molecule has 0 aliphatic carbocycles. The molecule has 2 N–H and O–H groups in total. The van der Waals surface area contributed by atoms with Gasteiger partial charge < -0.3 is 25.2 Å². The quantitative estimate of drug-likeness (QED) is 0.659. The standard InChI is InChI=1S/C24H30N6O/c1-29-11-13-30(14-12-29)20-4-2-3-19(15-20)27-24-26-17-18-5-6-22(16-23(18)28-24)31-21-7-9-25-10-8-21/h2-6,15-17,21,25H,7-14H2,1H3,(H,26,27,28). The van der Waals surface area contributed by atoms with Crippen molar-refractivity contribution in [3.63, 3.8) is 0 Å². The van der Waals surface area contributed by atoms with Gasteiger partial charge in [-0.15, -0.1) is 0 Å². The third kappa shape index (κ3) is 4.89. The van der Waals surface area contributed by atoms with Gasteiger partial charge in [-0.3, -0.25) is 0 Å². The Labute approximate surface area is 183 Å². The molecule has 2 aliphatic heterocycles. The molecular weight excluding hydrogens is 388 g/mol. The van der Waals surface area contributed by atoms with E-state index in [4.69, 9.17) is 9.72 Å². The summed E-state index contributed by atoms with van der Waals surface area (Å²) >= 11 is 0. The second-order valence-electron chi connectivity index (χ2n) is 8.45. The molecule has 162 valence electrons. The molecule has 2 aliphatic rings. The SMILES string of the molecule is CN1CCN(c2cccc(Nc3ncc4ccc(OC5CCNCC5)cc4n3)c2)CC1. The number of nitrogens with zero attached hydrogens (tertiary/aromatic N) is 4. The Balaban J connectivity index is 1.31. The summed E-state index contributed by atoms with van der Waals surface area (Å²) in [6, 6.07) is 14.6. The van der Waals surface area contributed by atoms with Crippen LogP contribution in [0.1, 0.15) is 12.8 Å². The van der Waals surface area contributed by atoms with Crippen LogP contribution < -0.4 is 20.3 Å². The van der Waals surface area contributed by atoms with Crippen molar-refractivity contribution in [2.45, 2.75) is 18.9 Å². The number of piperidine rings is 1. The normalized spacial score (nSPS) is 18.3. The molecule has 7 heteroatoms. The van der Waals surface area contributed by atoms with Crippen molar-refractivity contribution in [2.24, 2.45) is 0 Å². The maximum absolute atomic E-state index is 6.18. The molecule has 2 aromatic carbocycles. The number of aromatic nitrogens is 2. The first-order valence-electron chi connectivity index (χ1n) is 11.2. The predicted octanol–water partition coefficient (Wildman–Crippen LogP) is 3.26. The van der Waals surface area contributed by atoms with E-state index >= 15 is 0 Å². The lowest BCUT2D eigenvalue weighted by molar-refractivity contribution is 0.162. The predicted molar refractivity (Wildman–Crippen MR) is 125 cm³/mol. The first kappa shape index (κ1) is 20.0. The van der Waals surface area contributed by atoms with Gasteiger partial charge in [-0.25, -0.2) is 9.97 Å². The van der Waals surface area contributed by atoms with Crippen molar-refractivity contribution < 1.29 is 4.74 Å². The van der Waals surface area contributed by atoms with Gasteiger partial charge in [-0.1, -0.05) is 6.07 Å². The zero-order chi connectivity index (χ0) is 21.0. The summed E-state index contributed by atoms with van der Waals surface area (Å²) in [4.78, 5) is 14.0. The molecule has 0 amide bonds. The summed E-state index contributed by atoms with van der Waals surface area (Å²) in [5.74, 6) is 1.48. The highest BCUT2D eigenvalue weighted by Crippen LogP contribution is 2.25. The van der Waals surface area contributed by atoms with Gasteiger partial charge in [0, 0.05) is 55.2 Å². The molecule has 1 aromatic heterocycles. The second kappa shape index (κ2) is 9.08. The molecule has 0 bridgehead atoms. The second-order valence-corrected chi connectivity index (χ2v) is 8.45. The minimum absolute atomic E-state index is 0.274. The monoisotopic (exact) mass is 418 g/mol. The zero-order valence-electron chi connectivity index (χ0n) is 18.1. The number of nitrogens with one attached hydrogen (secondary N) is 2. The molecule has 2 fully saturated rings. The zero-order valence-corrected chi connectivity index (χ0v) is 18.1. The fourth-order valence-electron chi connectivity index (χ4n) is 4.22. The molecule has 5 rings (SSSR count). The van der Waals surface area contributed by atoms with Crippen LogP contribution in [0.3, 0.4) is 0 Å². The number of anilines is 3. The van der Waals surface area contributed by atoms with Crippen LogP contribution in [-0.2, 0) is 0 Å².